The van der Waals surface area contributed by atoms with E-state index in [0.29, 0.717) is 6.42 Å². The fraction of sp³-hybridized carbons (Fsp3) is 0.250. The van der Waals surface area contributed by atoms with E-state index >= 15 is 0 Å². The van der Waals surface area contributed by atoms with Crippen LogP contribution in [-0.2, 0) is 4.79 Å². The van der Waals surface area contributed by atoms with Crippen molar-refractivity contribution in [2.75, 3.05) is 0 Å². The standard InChI is InChI=1S/C8H4F3N.C4H8O2/c9-7-5-3-1-2-4-6(5)12(11)8(7)10;1-2-3-4(5)6/h1-4H;2-3H2,1H3,(H,5,6). The van der Waals surface area contributed by atoms with Crippen molar-refractivity contribution in [3.8, 4) is 0 Å². The van der Waals surface area contributed by atoms with Gasteiger partial charge in [0.05, 0.1) is 5.52 Å². The first-order chi connectivity index (χ1) is 8.49. The minimum absolute atomic E-state index is 0.0440. The number of halogens is 3. The lowest BCUT2D eigenvalue weighted by Gasteiger charge is -1.87. The molecule has 18 heavy (non-hydrogen) atoms. The van der Waals surface area contributed by atoms with Crippen LogP contribution in [0, 0.1) is 11.8 Å². The van der Waals surface area contributed by atoms with Gasteiger partial charge in [0.25, 0.3) is 5.95 Å². The predicted molar refractivity (Wildman–Crippen MR) is 60.9 cm³/mol. The lowest BCUT2D eigenvalue weighted by molar-refractivity contribution is -0.137. The fourth-order valence-electron chi connectivity index (χ4n) is 1.35. The molecule has 0 radical (unpaired) electrons. The average molecular weight is 259 g/mol. The second kappa shape index (κ2) is 6.09. The molecule has 0 amide bonds. The van der Waals surface area contributed by atoms with Crippen LogP contribution in [0.3, 0.4) is 0 Å². The van der Waals surface area contributed by atoms with E-state index < -0.39 is 17.7 Å². The first kappa shape index (κ1) is 14.1. The number of nitrogens with zero attached hydrogens (tertiary/aromatic N) is 1. The molecule has 0 spiro atoms. The number of para-hydroxylation sites is 1. The van der Waals surface area contributed by atoms with E-state index in [1.165, 1.54) is 24.3 Å². The number of hydrogen-bond acceptors (Lipinski definition) is 1. The van der Waals surface area contributed by atoms with Crippen molar-refractivity contribution in [1.82, 2.24) is 4.79 Å². The maximum atomic E-state index is 12.8. The SMILES string of the molecule is CCCC(=O)O.Fc1c(F)n(F)c2ccccc12. The number of hydrogen-bond donors (Lipinski definition) is 1. The van der Waals surface area contributed by atoms with Crippen molar-refractivity contribution in [1.29, 1.82) is 0 Å². The second-order valence-electron chi connectivity index (χ2n) is 3.55. The van der Waals surface area contributed by atoms with Gasteiger partial charge in [-0.25, -0.2) is 4.39 Å². The summed E-state index contributed by atoms with van der Waals surface area (Å²) < 4.78 is 38.1. The number of fused-ring (bicyclic) bond motifs is 1. The van der Waals surface area contributed by atoms with E-state index in [2.05, 4.69) is 0 Å². The van der Waals surface area contributed by atoms with Crippen molar-refractivity contribution in [2.45, 2.75) is 19.8 Å². The van der Waals surface area contributed by atoms with Crippen molar-refractivity contribution < 1.29 is 23.2 Å². The first-order valence-corrected chi connectivity index (χ1v) is 5.31. The number of rotatable bonds is 2. The number of aliphatic carboxylic acids is 1. The molecular formula is C12H12F3NO2. The molecule has 1 N–H and O–H groups in total. The molecule has 0 unspecified atom stereocenters. The molecule has 3 nitrogen and oxygen atoms in total. The molecule has 0 fully saturated rings. The second-order valence-corrected chi connectivity index (χ2v) is 3.55. The zero-order chi connectivity index (χ0) is 13.7. The summed E-state index contributed by atoms with van der Waals surface area (Å²) in [6.07, 6.45) is 1.02. The quantitative estimate of drug-likeness (QED) is 0.896. The van der Waals surface area contributed by atoms with Gasteiger partial charge < -0.3 is 5.11 Å². The van der Waals surface area contributed by atoms with Crippen molar-refractivity contribution >= 4 is 16.9 Å². The molecule has 1 aromatic heterocycles. The van der Waals surface area contributed by atoms with E-state index in [4.69, 9.17) is 5.11 Å². The summed E-state index contributed by atoms with van der Waals surface area (Å²) in [7, 11) is 0. The number of carboxylic acids is 1. The van der Waals surface area contributed by atoms with E-state index in [0.717, 1.165) is 6.42 Å². The summed E-state index contributed by atoms with van der Waals surface area (Å²) in [5, 5.41) is 7.87. The van der Waals surface area contributed by atoms with Gasteiger partial charge in [0.1, 0.15) is 0 Å². The number of benzene rings is 1. The zero-order valence-corrected chi connectivity index (χ0v) is 9.66. The van der Waals surface area contributed by atoms with Crippen LogP contribution in [0.25, 0.3) is 10.9 Å². The smallest absolute Gasteiger partial charge is 0.303 e. The van der Waals surface area contributed by atoms with Gasteiger partial charge in [-0.2, -0.15) is 4.39 Å². The maximum absolute atomic E-state index is 12.8. The Bertz CT molecular complexity index is 512. The van der Waals surface area contributed by atoms with E-state index in [1.54, 1.807) is 0 Å². The highest BCUT2D eigenvalue weighted by Gasteiger charge is 2.15. The molecule has 0 aliphatic heterocycles. The molecule has 2 rings (SSSR count). The van der Waals surface area contributed by atoms with Gasteiger partial charge in [-0.15, -0.1) is 4.79 Å². The Morgan fingerprint density at radius 1 is 1.33 bits per heavy atom. The highest BCUT2D eigenvalue weighted by atomic mass is 19.2. The Morgan fingerprint density at radius 3 is 2.39 bits per heavy atom. The third kappa shape index (κ3) is 3.03. The summed E-state index contributed by atoms with van der Waals surface area (Å²) in [6, 6.07) is 5.66. The molecular weight excluding hydrogens is 247 g/mol. The van der Waals surface area contributed by atoms with E-state index in [-0.39, 0.29) is 15.7 Å². The Hall–Kier alpha value is -1.98. The molecule has 0 bridgehead atoms. The molecule has 0 aliphatic rings. The fourth-order valence-corrected chi connectivity index (χ4v) is 1.35. The zero-order valence-electron chi connectivity index (χ0n) is 9.66. The van der Waals surface area contributed by atoms with Gasteiger partial charge in [-0.05, 0) is 18.6 Å². The summed E-state index contributed by atoms with van der Waals surface area (Å²) in [5.74, 6) is -3.33. The predicted octanol–water partition coefficient (Wildman–Crippen LogP) is 3.52. The maximum Gasteiger partial charge on any atom is 0.303 e. The Kier molecular flexibility index (Phi) is 4.76. The minimum atomic E-state index is -1.48. The number of carboxylic acid groups (broad SMARTS) is 1. The van der Waals surface area contributed by atoms with Crippen molar-refractivity contribution in [2.24, 2.45) is 0 Å². The van der Waals surface area contributed by atoms with Crippen LogP contribution >= 0.6 is 0 Å². The summed E-state index contributed by atoms with van der Waals surface area (Å²) in [4.78, 5) is 9.30. The average Bonchev–Trinajstić information content (AvgIpc) is 2.56. The summed E-state index contributed by atoms with van der Waals surface area (Å²) in [5.41, 5.74) is -0.0903. The highest BCUT2D eigenvalue weighted by Crippen LogP contribution is 2.22. The third-order valence-electron chi connectivity index (χ3n) is 2.17. The van der Waals surface area contributed by atoms with Crippen LogP contribution in [0.2, 0.25) is 0 Å². The van der Waals surface area contributed by atoms with Crippen LogP contribution in [0.1, 0.15) is 19.8 Å². The lowest BCUT2D eigenvalue weighted by atomic mass is 10.2. The van der Waals surface area contributed by atoms with Crippen molar-refractivity contribution in [3.05, 3.63) is 36.0 Å². The van der Waals surface area contributed by atoms with E-state index in [1.807, 2.05) is 6.92 Å². The molecule has 0 saturated carbocycles. The highest BCUT2D eigenvalue weighted by molar-refractivity contribution is 5.80. The number of aromatic nitrogens is 1. The Morgan fingerprint density at radius 2 is 1.94 bits per heavy atom. The Balaban J connectivity index is 0.000000232. The van der Waals surface area contributed by atoms with Crippen LogP contribution in [-0.4, -0.2) is 15.9 Å². The normalized spacial score (nSPS) is 10.0. The van der Waals surface area contributed by atoms with Gasteiger partial charge >= 0.3 is 5.97 Å². The molecule has 0 saturated heterocycles. The largest absolute Gasteiger partial charge is 0.481 e. The molecule has 0 aliphatic carbocycles. The lowest BCUT2D eigenvalue weighted by Crippen LogP contribution is -1.90. The van der Waals surface area contributed by atoms with Gasteiger partial charge in [0.2, 0.25) is 0 Å². The monoisotopic (exact) mass is 259 g/mol. The van der Waals surface area contributed by atoms with Gasteiger partial charge in [0, 0.05) is 11.8 Å². The van der Waals surface area contributed by atoms with Crippen LogP contribution in [0.15, 0.2) is 24.3 Å². The minimum Gasteiger partial charge on any atom is -0.481 e. The molecule has 6 heteroatoms. The van der Waals surface area contributed by atoms with Crippen LogP contribution in [0.5, 0.6) is 0 Å². The van der Waals surface area contributed by atoms with Crippen molar-refractivity contribution in [3.63, 3.8) is 0 Å². The Labute approximate surface area is 101 Å². The molecule has 1 aromatic carbocycles. The van der Waals surface area contributed by atoms with Gasteiger partial charge in [-0.3, -0.25) is 4.79 Å². The first-order valence-electron chi connectivity index (χ1n) is 5.31. The van der Waals surface area contributed by atoms with Crippen LogP contribution < -0.4 is 0 Å². The summed E-state index contributed by atoms with van der Waals surface area (Å²) >= 11 is 0. The van der Waals surface area contributed by atoms with Gasteiger partial charge in [0.15, 0.2) is 5.82 Å². The molecule has 2 aromatic rings. The van der Waals surface area contributed by atoms with E-state index in [9.17, 15) is 18.1 Å². The van der Waals surface area contributed by atoms with Gasteiger partial charge in [-0.1, -0.05) is 23.5 Å². The third-order valence-corrected chi connectivity index (χ3v) is 2.17. The molecule has 1 heterocycles. The topological polar surface area (TPSA) is 42.2 Å². The number of carbonyl (C=O) groups is 1. The summed E-state index contributed by atoms with van der Waals surface area (Å²) in [6.45, 7) is 1.84. The molecule has 98 valence electrons. The molecule has 0 atom stereocenters. The van der Waals surface area contributed by atoms with Crippen LogP contribution in [0.4, 0.5) is 13.3 Å².